The molecule has 0 unspecified atom stereocenters. The molecule has 110 valence electrons. The van der Waals surface area contributed by atoms with Gasteiger partial charge in [0.2, 0.25) is 0 Å². The fourth-order valence-electron chi connectivity index (χ4n) is 2.91. The van der Waals surface area contributed by atoms with Gasteiger partial charge in [-0.3, -0.25) is 9.59 Å². The first-order valence-electron chi connectivity index (χ1n) is 7.51. The maximum atomic E-state index is 12.1. The second-order valence-electron chi connectivity index (χ2n) is 5.65. The minimum atomic E-state index is -0.302. The first kappa shape index (κ1) is 13.8. The lowest BCUT2D eigenvalue weighted by Crippen LogP contribution is -2.32. The highest BCUT2D eigenvalue weighted by Crippen LogP contribution is 2.22. The van der Waals surface area contributed by atoms with E-state index in [-0.39, 0.29) is 17.3 Å². The molecule has 3 rings (SSSR count). The summed E-state index contributed by atoms with van der Waals surface area (Å²) in [5.74, 6) is 0.341. The molecule has 2 aromatic rings. The Morgan fingerprint density at radius 1 is 1.24 bits per heavy atom. The molecule has 0 aliphatic heterocycles. The molecule has 1 fully saturated rings. The normalized spacial score (nSPS) is 16.0. The lowest BCUT2D eigenvalue weighted by Gasteiger charge is -2.21. The van der Waals surface area contributed by atoms with Crippen LogP contribution in [-0.4, -0.2) is 22.4 Å². The number of aromatic amines is 1. The SMILES string of the molecule is O=C(NCC1CCCCC1)c1nc2ccccc2c(=O)[nH]1. The van der Waals surface area contributed by atoms with Gasteiger partial charge in [0, 0.05) is 6.54 Å². The van der Waals surface area contributed by atoms with Gasteiger partial charge >= 0.3 is 0 Å². The molecular formula is C16H19N3O2. The molecule has 5 heteroatoms. The number of aromatic nitrogens is 2. The van der Waals surface area contributed by atoms with Crippen LogP contribution in [0.3, 0.4) is 0 Å². The third kappa shape index (κ3) is 3.12. The maximum Gasteiger partial charge on any atom is 0.287 e. The van der Waals surface area contributed by atoms with Crippen molar-refractivity contribution in [1.29, 1.82) is 0 Å². The number of carbonyl (C=O) groups excluding carboxylic acids is 1. The summed E-state index contributed by atoms with van der Waals surface area (Å²) in [5.41, 5.74) is 0.271. The average Bonchev–Trinajstić information content (AvgIpc) is 2.53. The molecule has 1 amide bonds. The summed E-state index contributed by atoms with van der Waals surface area (Å²) >= 11 is 0. The number of rotatable bonds is 3. The van der Waals surface area contributed by atoms with Gasteiger partial charge in [-0.05, 0) is 30.9 Å². The zero-order chi connectivity index (χ0) is 14.7. The molecular weight excluding hydrogens is 266 g/mol. The minimum absolute atomic E-state index is 0.0921. The molecule has 0 saturated heterocycles. The van der Waals surface area contributed by atoms with E-state index in [2.05, 4.69) is 15.3 Å². The summed E-state index contributed by atoms with van der Waals surface area (Å²) in [6.07, 6.45) is 6.12. The van der Waals surface area contributed by atoms with Crippen molar-refractivity contribution in [3.05, 3.63) is 40.4 Å². The summed E-state index contributed by atoms with van der Waals surface area (Å²) in [6.45, 7) is 0.662. The summed E-state index contributed by atoms with van der Waals surface area (Å²) < 4.78 is 0. The Hall–Kier alpha value is -2.17. The Morgan fingerprint density at radius 2 is 2.00 bits per heavy atom. The summed E-state index contributed by atoms with van der Waals surface area (Å²) in [7, 11) is 0. The number of carbonyl (C=O) groups is 1. The van der Waals surface area contributed by atoms with Gasteiger partial charge in [0.25, 0.3) is 11.5 Å². The van der Waals surface area contributed by atoms with Gasteiger partial charge in [-0.15, -0.1) is 0 Å². The Kier molecular flexibility index (Phi) is 3.99. The van der Waals surface area contributed by atoms with Crippen molar-refractivity contribution in [1.82, 2.24) is 15.3 Å². The van der Waals surface area contributed by atoms with Crippen LogP contribution >= 0.6 is 0 Å². The van der Waals surface area contributed by atoms with E-state index in [9.17, 15) is 9.59 Å². The second kappa shape index (κ2) is 6.08. The van der Waals surface area contributed by atoms with Crippen LogP contribution < -0.4 is 10.9 Å². The number of nitrogens with zero attached hydrogens (tertiary/aromatic N) is 1. The molecule has 1 aliphatic rings. The second-order valence-corrected chi connectivity index (χ2v) is 5.65. The van der Waals surface area contributed by atoms with Crippen LogP contribution in [0.25, 0.3) is 10.9 Å². The van der Waals surface area contributed by atoms with Crippen molar-refractivity contribution in [2.45, 2.75) is 32.1 Å². The quantitative estimate of drug-likeness (QED) is 0.908. The van der Waals surface area contributed by atoms with Crippen LogP contribution in [-0.2, 0) is 0 Å². The zero-order valence-electron chi connectivity index (χ0n) is 11.9. The Morgan fingerprint density at radius 3 is 2.81 bits per heavy atom. The van der Waals surface area contributed by atoms with Gasteiger partial charge in [-0.2, -0.15) is 0 Å². The van der Waals surface area contributed by atoms with E-state index in [1.807, 2.05) is 0 Å². The number of H-pyrrole nitrogens is 1. The molecule has 1 aliphatic carbocycles. The van der Waals surface area contributed by atoms with E-state index >= 15 is 0 Å². The minimum Gasteiger partial charge on any atom is -0.349 e. The number of hydrogen-bond donors (Lipinski definition) is 2. The van der Waals surface area contributed by atoms with Crippen molar-refractivity contribution in [2.24, 2.45) is 5.92 Å². The highest BCUT2D eigenvalue weighted by Gasteiger charge is 2.16. The highest BCUT2D eigenvalue weighted by molar-refractivity contribution is 5.92. The van der Waals surface area contributed by atoms with Gasteiger partial charge < -0.3 is 10.3 Å². The standard InChI is InChI=1S/C16H19N3O2/c20-15-12-8-4-5-9-13(12)18-14(19-15)16(21)17-10-11-6-2-1-3-7-11/h4-5,8-9,11H,1-3,6-7,10H2,(H,17,21)(H,18,19,20). The maximum absolute atomic E-state index is 12.1. The van der Waals surface area contributed by atoms with E-state index in [1.54, 1.807) is 24.3 Å². The molecule has 5 nitrogen and oxygen atoms in total. The van der Waals surface area contributed by atoms with Gasteiger partial charge in [0.1, 0.15) is 0 Å². The fraction of sp³-hybridized carbons (Fsp3) is 0.438. The summed E-state index contributed by atoms with van der Waals surface area (Å²) in [4.78, 5) is 30.9. The largest absolute Gasteiger partial charge is 0.349 e. The molecule has 0 atom stereocenters. The molecule has 0 bridgehead atoms. The third-order valence-electron chi connectivity index (χ3n) is 4.10. The molecule has 1 aromatic heterocycles. The highest BCUT2D eigenvalue weighted by atomic mass is 16.2. The van der Waals surface area contributed by atoms with Crippen LogP contribution in [0, 0.1) is 5.92 Å². The van der Waals surface area contributed by atoms with Gasteiger partial charge in [-0.25, -0.2) is 4.98 Å². The van der Waals surface area contributed by atoms with Gasteiger partial charge in [0.15, 0.2) is 5.82 Å². The molecule has 2 N–H and O–H groups in total. The Bertz CT molecular complexity index is 702. The van der Waals surface area contributed by atoms with Crippen LogP contribution in [0.4, 0.5) is 0 Å². The van der Waals surface area contributed by atoms with Crippen LogP contribution in [0.15, 0.2) is 29.1 Å². The van der Waals surface area contributed by atoms with Crippen molar-refractivity contribution < 1.29 is 4.79 Å². The van der Waals surface area contributed by atoms with Crippen LogP contribution in [0.2, 0.25) is 0 Å². The number of amides is 1. The topological polar surface area (TPSA) is 74.8 Å². The lowest BCUT2D eigenvalue weighted by molar-refractivity contribution is 0.0933. The van der Waals surface area contributed by atoms with Crippen molar-refractivity contribution in [3.63, 3.8) is 0 Å². The Labute approximate surface area is 122 Å². The van der Waals surface area contributed by atoms with Gasteiger partial charge in [-0.1, -0.05) is 31.4 Å². The monoisotopic (exact) mass is 285 g/mol. The number of hydrogen-bond acceptors (Lipinski definition) is 3. The summed E-state index contributed by atoms with van der Waals surface area (Å²) in [5, 5.41) is 3.39. The van der Waals surface area contributed by atoms with E-state index in [4.69, 9.17) is 0 Å². The number of benzene rings is 1. The Balaban J connectivity index is 1.73. The predicted octanol–water partition coefficient (Wildman–Crippen LogP) is 2.23. The number of nitrogens with one attached hydrogen (secondary N) is 2. The van der Waals surface area contributed by atoms with Crippen molar-refractivity contribution in [2.75, 3.05) is 6.54 Å². The zero-order valence-corrected chi connectivity index (χ0v) is 11.9. The summed E-state index contributed by atoms with van der Waals surface area (Å²) in [6, 6.07) is 7.02. The lowest BCUT2D eigenvalue weighted by atomic mass is 9.89. The van der Waals surface area contributed by atoms with E-state index in [0.29, 0.717) is 23.4 Å². The van der Waals surface area contributed by atoms with E-state index in [0.717, 1.165) is 0 Å². The van der Waals surface area contributed by atoms with E-state index in [1.165, 1.54) is 32.1 Å². The molecule has 1 heterocycles. The van der Waals surface area contributed by atoms with Crippen molar-refractivity contribution >= 4 is 16.8 Å². The predicted molar refractivity (Wildman–Crippen MR) is 81.3 cm³/mol. The molecule has 1 aromatic carbocycles. The number of fused-ring (bicyclic) bond motifs is 1. The van der Waals surface area contributed by atoms with Crippen LogP contribution in [0.5, 0.6) is 0 Å². The van der Waals surface area contributed by atoms with Crippen LogP contribution in [0.1, 0.15) is 42.7 Å². The fourth-order valence-corrected chi connectivity index (χ4v) is 2.91. The smallest absolute Gasteiger partial charge is 0.287 e. The molecule has 0 radical (unpaired) electrons. The third-order valence-corrected chi connectivity index (χ3v) is 4.10. The van der Waals surface area contributed by atoms with E-state index < -0.39 is 0 Å². The molecule has 21 heavy (non-hydrogen) atoms. The molecule has 1 saturated carbocycles. The number of para-hydroxylation sites is 1. The average molecular weight is 285 g/mol. The first-order valence-corrected chi connectivity index (χ1v) is 7.51. The first-order chi connectivity index (χ1) is 10.2. The molecule has 0 spiro atoms. The van der Waals surface area contributed by atoms with Gasteiger partial charge in [0.05, 0.1) is 10.9 Å². The van der Waals surface area contributed by atoms with Crippen molar-refractivity contribution in [3.8, 4) is 0 Å².